The van der Waals surface area contributed by atoms with E-state index in [1.54, 1.807) is 35.9 Å². The molecule has 1 aromatic heterocycles. The van der Waals surface area contributed by atoms with Crippen molar-refractivity contribution in [1.82, 2.24) is 14.8 Å². The first-order valence-electron chi connectivity index (χ1n) is 7.63. The number of thioether (sulfide) groups is 1. The average molecular weight is 412 g/mol. The lowest BCUT2D eigenvalue weighted by Gasteiger charge is -2.05. The largest absolute Gasteiger partial charge is 0.305 e. The first-order valence-corrected chi connectivity index (χ1v) is 10.6. The second-order valence-electron chi connectivity index (χ2n) is 5.49. The smallest absolute Gasteiger partial charge is 0.191 e. The molecule has 0 radical (unpaired) electrons. The summed E-state index contributed by atoms with van der Waals surface area (Å²) in [5.41, 5.74) is 0.738. The van der Waals surface area contributed by atoms with E-state index in [0.29, 0.717) is 21.8 Å². The minimum Gasteiger partial charge on any atom is -0.305 e. The highest BCUT2D eigenvalue weighted by atomic mass is 35.5. The fourth-order valence-corrected chi connectivity index (χ4v) is 4.98. The molecule has 0 saturated carbocycles. The molecule has 1 heterocycles. The van der Waals surface area contributed by atoms with Crippen LogP contribution in [0.3, 0.4) is 0 Å². The average Bonchev–Trinajstić information content (AvgIpc) is 2.97. The summed E-state index contributed by atoms with van der Waals surface area (Å²) in [6.45, 7) is 0. The van der Waals surface area contributed by atoms with Crippen molar-refractivity contribution in [3.8, 4) is 11.4 Å². The number of halogens is 2. The normalized spacial score (nSPS) is 11.7. The molecular formula is C17H15ClFN3O2S2. The maximum Gasteiger partial charge on any atom is 0.191 e. The van der Waals surface area contributed by atoms with E-state index in [1.807, 2.05) is 0 Å². The van der Waals surface area contributed by atoms with Gasteiger partial charge in [-0.05, 0) is 48.5 Å². The van der Waals surface area contributed by atoms with E-state index in [0.717, 1.165) is 5.56 Å². The van der Waals surface area contributed by atoms with Crippen molar-refractivity contribution >= 4 is 33.2 Å². The Morgan fingerprint density at radius 3 is 2.38 bits per heavy atom. The predicted octanol–water partition coefficient (Wildman–Crippen LogP) is 3.84. The van der Waals surface area contributed by atoms with Crippen LogP contribution in [0.1, 0.15) is 0 Å². The topological polar surface area (TPSA) is 64.8 Å². The third kappa shape index (κ3) is 4.25. The lowest BCUT2D eigenvalue weighted by Crippen LogP contribution is -2.09. The van der Waals surface area contributed by atoms with Gasteiger partial charge in [0.2, 0.25) is 0 Å². The maximum atomic E-state index is 13.0. The van der Waals surface area contributed by atoms with Crippen molar-refractivity contribution in [2.45, 2.75) is 10.1 Å². The molecule has 0 unspecified atom stereocenters. The third-order valence-electron chi connectivity index (χ3n) is 3.69. The van der Waals surface area contributed by atoms with Crippen molar-refractivity contribution in [3.63, 3.8) is 0 Å². The van der Waals surface area contributed by atoms with Gasteiger partial charge >= 0.3 is 0 Å². The number of sulfone groups is 1. The van der Waals surface area contributed by atoms with E-state index in [2.05, 4.69) is 10.2 Å². The fourth-order valence-electron chi connectivity index (χ4n) is 2.29. The summed E-state index contributed by atoms with van der Waals surface area (Å²) in [5, 5.41) is 9.28. The highest BCUT2D eigenvalue weighted by Gasteiger charge is 2.16. The van der Waals surface area contributed by atoms with Gasteiger partial charge in [-0.15, -0.1) is 10.2 Å². The summed E-state index contributed by atoms with van der Waals surface area (Å²) < 4.78 is 39.5. The van der Waals surface area contributed by atoms with Crippen LogP contribution in [0.5, 0.6) is 0 Å². The van der Waals surface area contributed by atoms with E-state index in [4.69, 9.17) is 11.6 Å². The first-order chi connectivity index (χ1) is 12.4. The molecule has 26 heavy (non-hydrogen) atoms. The minimum absolute atomic E-state index is 0.0297. The van der Waals surface area contributed by atoms with Crippen LogP contribution in [-0.2, 0) is 16.9 Å². The van der Waals surface area contributed by atoms with Crippen LogP contribution in [-0.4, -0.2) is 34.7 Å². The number of hydrogen-bond acceptors (Lipinski definition) is 5. The number of benzene rings is 2. The zero-order chi connectivity index (χ0) is 18.7. The van der Waals surface area contributed by atoms with Gasteiger partial charge < -0.3 is 4.57 Å². The Kier molecular flexibility index (Phi) is 5.64. The van der Waals surface area contributed by atoms with Crippen LogP contribution < -0.4 is 0 Å². The zero-order valence-electron chi connectivity index (χ0n) is 13.8. The summed E-state index contributed by atoms with van der Waals surface area (Å²) >= 11 is 7.09. The maximum absolute atomic E-state index is 13.0. The highest BCUT2D eigenvalue weighted by molar-refractivity contribution is 8.00. The molecule has 2 aromatic carbocycles. The van der Waals surface area contributed by atoms with Crippen molar-refractivity contribution < 1.29 is 12.8 Å². The summed E-state index contributed by atoms with van der Waals surface area (Å²) in [4.78, 5) is 0.243. The van der Waals surface area contributed by atoms with E-state index >= 15 is 0 Å². The van der Waals surface area contributed by atoms with Crippen LogP contribution >= 0.6 is 23.4 Å². The Morgan fingerprint density at radius 1 is 1.08 bits per heavy atom. The van der Waals surface area contributed by atoms with Gasteiger partial charge in [-0.25, -0.2) is 12.8 Å². The Labute approximate surface area is 160 Å². The number of nitrogens with zero attached hydrogens (tertiary/aromatic N) is 3. The molecule has 0 amide bonds. The van der Waals surface area contributed by atoms with Crippen LogP contribution in [0, 0.1) is 5.82 Å². The van der Waals surface area contributed by atoms with E-state index in [-0.39, 0.29) is 16.5 Å². The SMILES string of the molecule is Cn1c(SCCS(=O)(=O)c2ccc(Cl)cc2)nnc1-c1ccc(F)cc1. The molecule has 0 saturated heterocycles. The van der Waals surface area contributed by atoms with Crippen LogP contribution in [0.15, 0.2) is 58.6 Å². The van der Waals surface area contributed by atoms with Crippen molar-refractivity contribution in [2.75, 3.05) is 11.5 Å². The van der Waals surface area contributed by atoms with Crippen LogP contribution in [0.4, 0.5) is 4.39 Å². The molecule has 0 aliphatic rings. The molecule has 0 bridgehead atoms. The monoisotopic (exact) mass is 411 g/mol. The van der Waals surface area contributed by atoms with Crippen LogP contribution in [0.25, 0.3) is 11.4 Å². The quantitative estimate of drug-likeness (QED) is 0.576. The molecule has 0 atom stereocenters. The molecule has 0 N–H and O–H groups in total. The molecule has 5 nitrogen and oxygen atoms in total. The Morgan fingerprint density at radius 2 is 1.73 bits per heavy atom. The summed E-state index contributed by atoms with van der Waals surface area (Å²) in [5.74, 6) is 0.573. The van der Waals surface area contributed by atoms with Crippen molar-refractivity contribution in [1.29, 1.82) is 0 Å². The summed E-state index contributed by atoms with van der Waals surface area (Å²) in [7, 11) is -1.60. The standard InChI is InChI=1S/C17H15ClFN3O2S2/c1-22-16(12-2-6-14(19)7-3-12)20-21-17(22)25-10-11-26(23,24)15-8-4-13(18)5-9-15/h2-9H,10-11H2,1H3. The van der Waals surface area contributed by atoms with Gasteiger partial charge in [-0.1, -0.05) is 23.4 Å². The van der Waals surface area contributed by atoms with Crippen molar-refractivity contribution in [2.24, 2.45) is 7.05 Å². The van der Waals surface area contributed by atoms with Gasteiger partial charge in [0.15, 0.2) is 20.8 Å². The Hall–Kier alpha value is -1.90. The molecule has 0 fully saturated rings. The predicted molar refractivity (Wildman–Crippen MR) is 101 cm³/mol. The van der Waals surface area contributed by atoms with Gasteiger partial charge in [0.25, 0.3) is 0 Å². The lowest BCUT2D eigenvalue weighted by molar-refractivity contribution is 0.597. The van der Waals surface area contributed by atoms with Gasteiger partial charge in [0.1, 0.15) is 5.82 Å². The molecule has 9 heteroatoms. The van der Waals surface area contributed by atoms with Gasteiger partial charge in [0.05, 0.1) is 10.6 Å². The molecular weight excluding hydrogens is 397 g/mol. The second kappa shape index (κ2) is 7.77. The number of hydrogen-bond donors (Lipinski definition) is 0. The highest BCUT2D eigenvalue weighted by Crippen LogP contribution is 2.24. The van der Waals surface area contributed by atoms with E-state index in [9.17, 15) is 12.8 Å². The third-order valence-corrected chi connectivity index (χ3v) is 6.96. The van der Waals surface area contributed by atoms with Gasteiger partial charge in [0, 0.05) is 23.4 Å². The molecule has 3 aromatic rings. The van der Waals surface area contributed by atoms with Crippen LogP contribution in [0.2, 0.25) is 5.02 Å². The number of rotatable bonds is 6. The summed E-state index contributed by atoms with van der Waals surface area (Å²) in [6, 6.07) is 12.1. The molecule has 0 aliphatic carbocycles. The Balaban J connectivity index is 1.67. The second-order valence-corrected chi connectivity index (χ2v) is 9.10. The summed E-state index contributed by atoms with van der Waals surface area (Å²) in [6.07, 6.45) is 0. The number of aromatic nitrogens is 3. The Bertz CT molecular complexity index is 1000. The minimum atomic E-state index is -3.39. The fraction of sp³-hybridized carbons (Fsp3) is 0.176. The molecule has 0 spiro atoms. The van der Waals surface area contributed by atoms with E-state index in [1.165, 1.54) is 36.0 Å². The lowest BCUT2D eigenvalue weighted by atomic mass is 10.2. The zero-order valence-corrected chi connectivity index (χ0v) is 16.2. The van der Waals surface area contributed by atoms with E-state index < -0.39 is 9.84 Å². The molecule has 0 aliphatic heterocycles. The molecule has 3 rings (SSSR count). The van der Waals surface area contributed by atoms with Crippen molar-refractivity contribution in [3.05, 3.63) is 59.4 Å². The van der Waals surface area contributed by atoms with Gasteiger partial charge in [-0.3, -0.25) is 0 Å². The first kappa shape index (κ1) is 18.9. The van der Waals surface area contributed by atoms with Gasteiger partial charge in [-0.2, -0.15) is 0 Å². The molecule has 136 valence electrons.